The first kappa shape index (κ1) is 14.7. The number of anilines is 1. The van der Waals surface area contributed by atoms with Gasteiger partial charge in [-0.1, -0.05) is 0 Å². The summed E-state index contributed by atoms with van der Waals surface area (Å²) in [5.41, 5.74) is 4.28. The van der Waals surface area contributed by atoms with E-state index in [2.05, 4.69) is 20.1 Å². The Hall–Kier alpha value is -2.89. The second-order valence-corrected chi connectivity index (χ2v) is 5.94. The number of aromatic amines is 1. The first-order valence-corrected chi connectivity index (χ1v) is 8.00. The van der Waals surface area contributed by atoms with Crippen molar-refractivity contribution >= 4 is 5.82 Å². The summed E-state index contributed by atoms with van der Waals surface area (Å²) in [5.74, 6) is 2.66. The molecule has 1 aliphatic heterocycles. The lowest BCUT2D eigenvalue weighted by Gasteiger charge is -2.26. The standard InChI is InChI=1S/C18H19N5O/c1-12-3-8-17(22-21-12)23-10-9-15-16(11-23)20-18(19-15)13-4-6-14(24-2)7-5-13/h3-8H,9-11H2,1-2H3,(H,19,20). The minimum atomic E-state index is 0.774. The number of methoxy groups -OCH3 is 1. The van der Waals surface area contributed by atoms with Gasteiger partial charge >= 0.3 is 0 Å². The van der Waals surface area contributed by atoms with Gasteiger partial charge in [-0.25, -0.2) is 4.98 Å². The van der Waals surface area contributed by atoms with E-state index in [1.807, 2.05) is 43.3 Å². The molecule has 122 valence electrons. The number of H-pyrrole nitrogens is 1. The van der Waals surface area contributed by atoms with Crippen LogP contribution in [0.4, 0.5) is 5.82 Å². The number of nitrogens with one attached hydrogen (secondary N) is 1. The molecule has 0 bridgehead atoms. The molecule has 0 radical (unpaired) electrons. The number of hydrogen-bond donors (Lipinski definition) is 1. The van der Waals surface area contributed by atoms with Gasteiger partial charge in [0.15, 0.2) is 5.82 Å². The van der Waals surface area contributed by atoms with Crippen LogP contribution in [0.15, 0.2) is 36.4 Å². The third-order valence-electron chi connectivity index (χ3n) is 4.30. The van der Waals surface area contributed by atoms with Crippen LogP contribution in [0.5, 0.6) is 5.75 Å². The Morgan fingerprint density at radius 2 is 1.92 bits per heavy atom. The normalized spacial score (nSPS) is 13.7. The van der Waals surface area contributed by atoms with Crippen molar-refractivity contribution in [2.24, 2.45) is 0 Å². The molecule has 0 saturated heterocycles. The first-order valence-electron chi connectivity index (χ1n) is 8.00. The van der Waals surface area contributed by atoms with Gasteiger partial charge in [0.05, 0.1) is 30.7 Å². The molecule has 0 atom stereocenters. The van der Waals surface area contributed by atoms with E-state index in [9.17, 15) is 0 Å². The van der Waals surface area contributed by atoms with Gasteiger partial charge in [0.25, 0.3) is 0 Å². The van der Waals surface area contributed by atoms with Gasteiger partial charge < -0.3 is 14.6 Å². The molecule has 1 aliphatic rings. The van der Waals surface area contributed by atoms with Gasteiger partial charge in [-0.2, -0.15) is 5.10 Å². The van der Waals surface area contributed by atoms with E-state index in [-0.39, 0.29) is 0 Å². The predicted octanol–water partition coefficient (Wildman–Crippen LogP) is 2.75. The summed E-state index contributed by atoms with van der Waals surface area (Å²) in [4.78, 5) is 10.4. The average Bonchev–Trinajstić information content (AvgIpc) is 3.05. The highest BCUT2D eigenvalue weighted by molar-refractivity contribution is 5.58. The topological polar surface area (TPSA) is 66.9 Å². The van der Waals surface area contributed by atoms with Gasteiger partial charge in [-0.15, -0.1) is 5.10 Å². The van der Waals surface area contributed by atoms with Crippen molar-refractivity contribution in [3.8, 4) is 17.1 Å². The summed E-state index contributed by atoms with van der Waals surface area (Å²) in [5, 5.41) is 8.44. The summed E-state index contributed by atoms with van der Waals surface area (Å²) in [6, 6.07) is 12.0. The summed E-state index contributed by atoms with van der Waals surface area (Å²) >= 11 is 0. The maximum absolute atomic E-state index is 5.21. The van der Waals surface area contributed by atoms with Gasteiger partial charge in [-0.3, -0.25) is 0 Å². The molecule has 0 saturated carbocycles. The van der Waals surface area contributed by atoms with Crippen molar-refractivity contribution in [3.63, 3.8) is 0 Å². The second-order valence-electron chi connectivity index (χ2n) is 5.94. The molecule has 0 spiro atoms. The number of ether oxygens (including phenoxy) is 1. The molecule has 0 fully saturated rings. The Morgan fingerprint density at radius 3 is 2.62 bits per heavy atom. The number of nitrogens with zero attached hydrogens (tertiary/aromatic N) is 4. The quantitative estimate of drug-likeness (QED) is 0.803. The van der Waals surface area contributed by atoms with Crippen molar-refractivity contribution in [2.45, 2.75) is 19.9 Å². The lowest BCUT2D eigenvalue weighted by molar-refractivity contribution is 0.415. The molecule has 4 rings (SSSR count). The van der Waals surface area contributed by atoms with E-state index < -0.39 is 0 Å². The van der Waals surface area contributed by atoms with E-state index in [1.54, 1.807) is 7.11 Å². The smallest absolute Gasteiger partial charge is 0.151 e. The fourth-order valence-corrected chi connectivity index (χ4v) is 2.94. The van der Waals surface area contributed by atoms with Gasteiger partial charge in [-0.05, 0) is 43.3 Å². The SMILES string of the molecule is COc1ccc(-c2nc3c([nH]2)CN(c2ccc(C)nn2)CC3)cc1. The van der Waals surface area contributed by atoms with Crippen LogP contribution in [0.2, 0.25) is 0 Å². The first-order chi connectivity index (χ1) is 11.7. The zero-order valence-electron chi connectivity index (χ0n) is 13.8. The van der Waals surface area contributed by atoms with E-state index in [0.29, 0.717) is 0 Å². The molecule has 0 unspecified atom stereocenters. The monoisotopic (exact) mass is 321 g/mol. The summed E-state index contributed by atoms with van der Waals surface area (Å²) in [7, 11) is 1.67. The molecule has 24 heavy (non-hydrogen) atoms. The highest BCUT2D eigenvalue weighted by atomic mass is 16.5. The molecule has 6 heteroatoms. The van der Waals surface area contributed by atoms with Crippen LogP contribution in [0.3, 0.4) is 0 Å². The molecule has 1 N–H and O–H groups in total. The van der Waals surface area contributed by atoms with Crippen LogP contribution < -0.4 is 9.64 Å². The Bertz CT molecular complexity index is 839. The molecule has 3 heterocycles. The zero-order valence-corrected chi connectivity index (χ0v) is 13.8. The highest BCUT2D eigenvalue weighted by Crippen LogP contribution is 2.26. The number of aryl methyl sites for hydroxylation is 1. The predicted molar refractivity (Wildman–Crippen MR) is 92.1 cm³/mol. The molecule has 0 amide bonds. The number of imidazole rings is 1. The average molecular weight is 321 g/mol. The number of aromatic nitrogens is 4. The van der Waals surface area contributed by atoms with Crippen LogP contribution in [0.25, 0.3) is 11.4 Å². The van der Waals surface area contributed by atoms with E-state index >= 15 is 0 Å². The van der Waals surface area contributed by atoms with Crippen LogP contribution >= 0.6 is 0 Å². The molecular weight excluding hydrogens is 302 g/mol. The Kier molecular flexibility index (Phi) is 3.65. The van der Waals surface area contributed by atoms with E-state index in [4.69, 9.17) is 9.72 Å². The number of benzene rings is 1. The number of hydrogen-bond acceptors (Lipinski definition) is 5. The molecule has 3 aromatic rings. The van der Waals surface area contributed by atoms with E-state index in [1.165, 1.54) is 0 Å². The lowest BCUT2D eigenvalue weighted by atomic mass is 10.1. The van der Waals surface area contributed by atoms with Gasteiger partial charge in [0, 0.05) is 18.5 Å². The van der Waals surface area contributed by atoms with Crippen molar-refractivity contribution < 1.29 is 4.74 Å². The number of fused-ring (bicyclic) bond motifs is 1. The fraction of sp³-hybridized carbons (Fsp3) is 0.278. The molecule has 2 aromatic heterocycles. The minimum absolute atomic E-state index is 0.774. The number of rotatable bonds is 3. The third kappa shape index (κ3) is 2.71. The van der Waals surface area contributed by atoms with Crippen LogP contribution in [0, 0.1) is 6.92 Å². The molecule has 0 aliphatic carbocycles. The van der Waals surface area contributed by atoms with Crippen LogP contribution in [-0.4, -0.2) is 33.8 Å². The van der Waals surface area contributed by atoms with Crippen molar-refractivity contribution in [3.05, 3.63) is 53.5 Å². The van der Waals surface area contributed by atoms with Gasteiger partial charge in [0.1, 0.15) is 11.6 Å². The molecule has 1 aromatic carbocycles. The maximum Gasteiger partial charge on any atom is 0.151 e. The lowest BCUT2D eigenvalue weighted by Crippen LogP contribution is -2.31. The second kappa shape index (κ2) is 5.96. The summed E-state index contributed by atoms with van der Waals surface area (Å²) < 4.78 is 5.21. The third-order valence-corrected chi connectivity index (χ3v) is 4.30. The van der Waals surface area contributed by atoms with Crippen molar-refractivity contribution in [2.75, 3.05) is 18.6 Å². The van der Waals surface area contributed by atoms with Crippen LogP contribution in [0.1, 0.15) is 17.1 Å². The maximum atomic E-state index is 5.21. The Balaban J connectivity index is 1.58. The Morgan fingerprint density at radius 1 is 1.08 bits per heavy atom. The van der Waals surface area contributed by atoms with E-state index in [0.717, 1.165) is 59.5 Å². The van der Waals surface area contributed by atoms with Crippen molar-refractivity contribution in [1.82, 2.24) is 20.2 Å². The van der Waals surface area contributed by atoms with Crippen LogP contribution in [-0.2, 0) is 13.0 Å². The highest BCUT2D eigenvalue weighted by Gasteiger charge is 2.21. The fourth-order valence-electron chi connectivity index (χ4n) is 2.94. The molecular formula is C18H19N5O. The zero-order chi connectivity index (χ0) is 16.5. The molecule has 6 nitrogen and oxygen atoms in total. The summed E-state index contributed by atoms with van der Waals surface area (Å²) in [6.07, 6.45) is 0.900. The van der Waals surface area contributed by atoms with Crippen molar-refractivity contribution in [1.29, 1.82) is 0 Å². The minimum Gasteiger partial charge on any atom is -0.497 e. The Labute approximate surface area is 140 Å². The van der Waals surface area contributed by atoms with Gasteiger partial charge in [0.2, 0.25) is 0 Å². The largest absolute Gasteiger partial charge is 0.497 e. The summed E-state index contributed by atoms with van der Waals surface area (Å²) in [6.45, 7) is 3.62.